The van der Waals surface area contributed by atoms with E-state index in [2.05, 4.69) is 15.6 Å². The molecular weight excluding hydrogens is 248 g/mol. The Kier molecular flexibility index (Phi) is 4.30. The van der Waals surface area contributed by atoms with Crippen LogP contribution in [0.25, 0.3) is 0 Å². The van der Waals surface area contributed by atoms with Crippen molar-refractivity contribution < 1.29 is 9.59 Å². The summed E-state index contributed by atoms with van der Waals surface area (Å²) in [4.78, 5) is 38.5. The maximum absolute atomic E-state index is 11.8. The topological polar surface area (TPSA) is 94.3 Å². The molecule has 0 bridgehead atoms. The van der Waals surface area contributed by atoms with Gasteiger partial charge >= 0.3 is 0 Å². The quantitative estimate of drug-likeness (QED) is 0.621. The smallest absolute Gasteiger partial charge is 0.253 e. The fraction of sp³-hybridized carbons (Fsp3) is 0.417. The number of piperazine rings is 1. The van der Waals surface area contributed by atoms with Crippen molar-refractivity contribution in [2.24, 2.45) is 0 Å². The summed E-state index contributed by atoms with van der Waals surface area (Å²) in [5.74, 6) is -0.473. The van der Waals surface area contributed by atoms with E-state index < -0.39 is 0 Å². The molecule has 1 saturated heterocycles. The molecule has 1 aliphatic rings. The largest absolute Gasteiger partial charge is 0.343 e. The molecule has 1 aromatic heterocycles. The lowest BCUT2D eigenvalue weighted by atomic mass is 10.2. The summed E-state index contributed by atoms with van der Waals surface area (Å²) < 4.78 is 0. The minimum Gasteiger partial charge on any atom is -0.343 e. The first-order valence-corrected chi connectivity index (χ1v) is 6.12. The van der Waals surface area contributed by atoms with Crippen molar-refractivity contribution in [1.82, 2.24) is 20.5 Å². The predicted molar refractivity (Wildman–Crippen MR) is 68.8 cm³/mol. The van der Waals surface area contributed by atoms with Gasteiger partial charge in [-0.15, -0.1) is 0 Å². The van der Waals surface area contributed by atoms with E-state index in [4.69, 9.17) is 0 Å². The molecule has 0 aromatic carbocycles. The summed E-state index contributed by atoms with van der Waals surface area (Å²) in [5.41, 5.74) is 0.0566. The molecule has 102 valence electrons. The van der Waals surface area contributed by atoms with Crippen LogP contribution in [0.5, 0.6) is 0 Å². The van der Waals surface area contributed by atoms with Crippen LogP contribution in [0.3, 0.4) is 0 Å². The van der Waals surface area contributed by atoms with Gasteiger partial charge in [-0.25, -0.2) is 0 Å². The van der Waals surface area contributed by atoms with Gasteiger partial charge in [0.15, 0.2) is 0 Å². The highest BCUT2D eigenvalue weighted by atomic mass is 16.2. The third-order valence-corrected chi connectivity index (χ3v) is 2.92. The molecule has 0 atom stereocenters. The molecule has 0 unspecified atom stereocenters. The zero-order valence-corrected chi connectivity index (χ0v) is 10.4. The third-order valence-electron chi connectivity index (χ3n) is 2.92. The molecular formula is C12H16N4O3. The van der Waals surface area contributed by atoms with Gasteiger partial charge in [-0.05, 0) is 6.07 Å². The zero-order valence-electron chi connectivity index (χ0n) is 10.4. The Balaban J connectivity index is 1.84. The molecule has 7 nitrogen and oxygen atoms in total. The molecule has 1 aromatic rings. The number of nitrogens with zero attached hydrogens (tertiary/aromatic N) is 1. The number of amides is 2. The van der Waals surface area contributed by atoms with Crippen molar-refractivity contribution in [3.05, 3.63) is 34.2 Å². The number of pyridine rings is 1. The molecule has 1 aliphatic heterocycles. The molecule has 0 aliphatic carbocycles. The molecule has 0 radical (unpaired) electrons. The first kappa shape index (κ1) is 13.3. The van der Waals surface area contributed by atoms with Gasteiger partial charge in [0.05, 0.1) is 12.1 Å². The highest BCUT2D eigenvalue weighted by Gasteiger charge is 2.16. The highest BCUT2D eigenvalue weighted by Crippen LogP contribution is 1.95. The summed E-state index contributed by atoms with van der Waals surface area (Å²) in [5, 5.41) is 5.69. The number of nitrogens with one attached hydrogen (secondary N) is 3. The average molecular weight is 264 g/mol. The summed E-state index contributed by atoms with van der Waals surface area (Å²) in [6.45, 7) is 2.85. The number of aromatic amines is 1. The number of carbonyl (C=O) groups is 2. The number of hydrogen-bond acceptors (Lipinski definition) is 4. The Hall–Kier alpha value is -2.15. The Bertz CT molecular complexity index is 499. The Labute approximate surface area is 110 Å². The van der Waals surface area contributed by atoms with Gasteiger partial charge < -0.3 is 20.5 Å². The van der Waals surface area contributed by atoms with Crippen LogP contribution in [-0.2, 0) is 4.79 Å². The Morgan fingerprint density at radius 1 is 1.26 bits per heavy atom. The minimum atomic E-state index is -0.375. The number of H-pyrrole nitrogens is 1. The summed E-state index contributed by atoms with van der Waals surface area (Å²) in [6, 6.07) is 2.69. The zero-order chi connectivity index (χ0) is 13.7. The van der Waals surface area contributed by atoms with Crippen molar-refractivity contribution in [2.75, 3.05) is 32.7 Å². The molecule has 0 spiro atoms. The summed E-state index contributed by atoms with van der Waals surface area (Å²) in [7, 11) is 0. The van der Waals surface area contributed by atoms with Crippen LogP contribution in [0.4, 0.5) is 0 Å². The summed E-state index contributed by atoms with van der Waals surface area (Å²) in [6.07, 6.45) is 1.33. The van der Waals surface area contributed by atoms with Gasteiger partial charge in [-0.2, -0.15) is 0 Å². The first-order valence-electron chi connectivity index (χ1n) is 6.12. The Morgan fingerprint density at radius 2 is 2.00 bits per heavy atom. The van der Waals surface area contributed by atoms with Crippen LogP contribution in [0, 0.1) is 0 Å². The Morgan fingerprint density at radius 3 is 2.63 bits per heavy atom. The average Bonchev–Trinajstić information content (AvgIpc) is 2.46. The van der Waals surface area contributed by atoms with Gasteiger partial charge in [-0.3, -0.25) is 14.4 Å². The van der Waals surface area contributed by atoms with Crippen molar-refractivity contribution >= 4 is 11.8 Å². The van der Waals surface area contributed by atoms with E-state index in [0.29, 0.717) is 18.7 Å². The molecule has 0 saturated carbocycles. The van der Waals surface area contributed by atoms with E-state index in [9.17, 15) is 14.4 Å². The van der Waals surface area contributed by atoms with Crippen LogP contribution in [0.15, 0.2) is 23.1 Å². The molecule has 3 N–H and O–H groups in total. The van der Waals surface area contributed by atoms with Crippen molar-refractivity contribution in [3.63, 3.8) is 0 Å². The molecule has 2 amide bonds. The van der Waals surface area contributed by atoms with Gasteiger partial charge in [0.1, 0.15) is 0 Å². The second kappa shape index (κ2) is 6.14. The van der Waals surface area contributed by atoms with E-state index in [-0.39, 0.29) is 23.9 Å². The lowest BCUT2D eigenvalue weighted by Gasteiger charge is -2.27. The summed E-state index contributed by atoms with van der Waals surface area (Å²) >= 11 is 0. The molecule has 2 rings (SSSR count). The van der Waals surface area contributed by atoms with Crippen LogP contribution < -0.4 is 16.2 Å². The maximum Gasteiger partial charge on any atom is 0.253 e. The predicted octanol–water partition coefficient (Wildman–Crippen LogP) is -1.46. The molecule has 1 fully saturated rings. The van der Waals surface area contributed by atoms with Crippen molar-refractivity contribution in [2.45, 2.75) is 0 Å². The monoisotopic (exact) mass is 264 g/mol. The highest BCUT2D eigenvalue weighted by molar-refractivity contribution is 5.96. The van der Waals surface area contributed by atoms with E-state index in [1.165, 1.54) is 18.3 Å². The SMILES string of the molecule is O=C(NCC(=O)N1CCNCC1)c1ccc(=O)[nH]c1. The van der Waals surface area contributed by atoms with Crippen molar-refractivity contribution in [3.8, 4) is 0 Å². The van der Waals surface area contributed by atoms with Crippen LogP contribution in [0.2, 0.25) is 0 Å². The fourth-order valence-electron chi connectivity index (χ4n) is 1.84. The van der Waals surface area contributed by atoms with E-state index in [1.807, 2.05) is 0 Å². The number of aromatic nitrogens is 1. The maximum atomic E-state index is 11.8. The number of hydrogen-bond donors (Lipinski definition) is 3. The van der Waals surface area contributed by atoms with Gasteiger partial charge in [-0.1, -0.05) is 0 Å². The van der Waals surface area contributed by atoms with Gasteiger partial charge in [0, 0.05) is 38.4 Å². The number of rotatable bonds is 3. The second-order valence-electron chi connectivity index (χ2n) is 4.26. The standard InChI is InChI=1S/C12H16N4O3/c17-10-2-1-9(7-14-10)12(19)15-8-11(18)16-5-3-13-4-6-16/h1-2,7,13H,3-6,8H2,(H,14,17)(H,15,19). The van der Waals surface area contributed by atoms with Crippen molar-refractivity contribution in [1.29, 1.82) is 0 Å². The molecule has 2 heterocycles. The fourth-order valence-corrected chi connectivity index (χ4v) is 1.84. The van der Waals surface area contributed by atoms with Crippen LogP contribution in [-0.4, -0.2) is 54.4 Å². The van der Waals surface area contributed by atoms with E-state index >= 15 is 0 Å². The minimum absolute atomic E-state index is 0.0298. The lowest BCUT2D eigenvalue weighted by molar-refractivity contribution is -0.130. The van der Waals surface area contributed by atoms with E-state index in [1.54, 1.807) is 4.90 Å². The third kappa shape index (κ3) is 3.65. The van der Waals surface area contributed by atoms with E-state index in [0.717, 1.165) is 13.1 Å². The van der Waals surface area contributed by atoms with Gasteiger partial charge in [0.2, 0.25) is 11.5 Å². The number of carbonyl (C=O) groups excluding carboxylic acids is 2. The normalized spacial score (nSPS) is 15.1. The first-order chi connectivity index (χ1) is 9.16. The second-order valence-corrected chi connectivity index (χ2v) is 4.26. The molecule has 7 heteroatoms. The lowest BCUT2D eigenvalue weighted by Crippen LogP contribution is -2.49. The van der Waals surface area contributed by atoms with Crippen LogP contribution >= 0.6 is 0 Å². The van der Waals surface area contributed by atoms with Crippen LogP contribution in [0.1, 0.15) is 10.4 Å². The molecule has 19 heavy (non-hydrogen) atoms. The van der Waals surface area contributed by atoms with Gasteiger partial charge in [0.25, 0.3) is 5.91 Å².